The van der Waals surface area contributed by atoms with Gasteiger partial charge in [0.15, 0.2) is 0 Å². The van der Waals surface area contributed by atoms with Crippen LogP contribution in [0.2, 0.25) is 0 Å². The highest BCUT2D eigenvalue weighted by Gasteiger charge is 2.03. The molecule has 100 valence electrons. The summed E-state index contributed by atoms with van der Waals surface area (Å²) in [5, 5.41) is 2.37. The summed E-state index contributed by atoms with van der Waals surface area (Å²) in [6, 6.07) is 20.1. The zero-order chi connectivity index (χ0) is 13.9. The number of alkyl halides is 1. The van der Waals surface area contributed by atoms with E-state index in [1.807, 2.05) is 42.5 Å². The van der Waals surface area contributed by atoms with E-state index in [1.165, 1.54) is 10.8 Å². The van der Waals surface area contributed by atoms with Crippen molar-refractivity contribution in [3.8, 4) is 11.5 Å². The molecule has 0 unspecified atom stereocenters. The van der Waals surface area contributed by atoms with Gasteiger partial charge in [-0.05, 0) is 40.6 Å². The molecular formula is C17H12BrClO. The molecule has 0 saturated heterocycles. The summed E-state index contributed by atoms with van der Waals surface area (Å²) in [5.74, 6) is 2.10. The molecule has 0 aliphatic carbocycles. The van der Waals surface area contributed by atoms with Crippen LogP contribution in [-0.2, 0) is 5.88 Å². The van der Waals surface area contributed by atoms with E-state index >= 15 is 0 Å². The molecule has 0 fully saturated rings. The van der Waals surface area contributed by atoms with Gasteiger partial charge in [-0.15, -0.1) is 11.6 Å². The molecule has 3 aromatic rings. The molecule has 0 aliphatic rings. The maximum Gasteiger partial charge on any atom is 0.128 e. The van der Waals surface area contributed by atoms with Crippen LogP contribution in [0.15, 0.2) is 65.1 Å². The lowest BCUT2D eigenvalue weighted by Gasteiger charge is -2.08. The Labute approximate surface area is 131 Å². The molecular weight excluding hydrogens is 336 g/mol. The summed E-state index contributed by atoms with van der Waals surface area (Å²) in [6.07, 6.45) is 0. The Hall–Kier alpha value is -1.51. The van der Waals surface area contributed by atoms with Crippen molar-refractivity contribution < 1.29 is 4.74 Å². The van der Waals surface area contributed by atoms with Crippen LogP contribution in [0.1, 0.15) is 5.56 Å². The van der Waals surface area contributed by atoms with Gasteiger partial charge in [0.05, 0.1) is 0 Å². The molecule has 0 aromatic heterocycles. The summed E-state index contributed by atoms with van der Waals surface area (Å²) >= 11 is 9.34. The first-order chi connectivity index (χ1) is 9.76. The summed E-state index contributed by atoms with van der Waals surface area (Å²) in [5.41, 5.74) is 1.05. The van der Waals surface area contributed by atoms with Gasteiger partial charge in [-0.3, -0.25) is 0 Å². The van der Waals surface area contributed by atoms with E-state index in [0.717, 1.165) is 21.5 Å². The normalized spacial score (nSPS) is 10.7. The Bertz CT molecular complexity index is 755. The van der Waals surface area contributed by atoms with Gasteiger partial charge in [0.1, 0.15) is 11.5 Å². The van der Waals surface area contributed by atoms with E-state index in [4.69, 9.17) is 16.3 Å². The second-order valence-corrected chi connectivity index (χ2v) is 5.62. The SMILES string of the molecule is ClCc1ccc(Oc2ccc3ccccc3c2)cc1Br. The van der Waals surface area contributed by atoms with Gasteiger partial charge in [-0.25, -0.2) is 0 Å². The van der Waals surface area contributed by atoms with Crippen LogP contribution in [0.5, 0.6) is 11.5 Å². The lowest BCUT2D eigenvalue weighted by atomic mass is 10.1. The number of hydrogen-bond donors (Lipinski definition) is 0. The molecule has 3 rings (SSSR count). The second kappa shape index (κ2) is 5.86. The van der Waals surface area contributed by atoms with E-state index in [1.54, 1.807) is 0 Å². The molecule has 3 aromatic carbocycles. The lowest BCUT2D eigenvalue weighted by Crippen LogP contribution is -1.87. The van der Waals surface area contributed by atoms with E-state index in [0.29, 0.717) is 5.88 Å². The molecule has 0 saturated carbocycles. The molecule has 0 atom stereocenters. The average Bonchev–Trinajstić information content (AvgIpc) is 2.47. The van der Waals surface area contributed by atoms with Crippen molar-refractivity contribution in [1.82, 2.24) is 0 Å². The largest absolute Gasteiger partial charge is 0.457 e. The maximum atomic E-state index is 5.89. The molecule has 0 N–H and O–H groups in total. The number of hydrogen-bond acceptors (Lipinski definition) is 1. The summed E-state index contributed by atoms with van der Waals surface area (Å²) < 4.78 is 6.86. The smallest absolute Gasteiger partial charge is 0.128 e. The number of benzene rings is 3. The third-order valence-corrected chi connectivity index (χ3v) is 4.15. The molecule has 0 aliphatic heterocycles. The topological polar surface area (TPSA) is 9.23 Å². The van der Waals surface area contributed by atoms with Gasteiger partial charge in [0.25, 0.3) is 0 Å². The molecule has 0 bridgehead atoms. The third-order valence-electron chi connectivity index (χ3n) is 3.13. The quantitative estimate of drug-likeness (QED) is 0.518. The first-order valence-electron chi connectivity index (χ1n) is 6.27. The van der Waals surface area contributed by atoms with Crippen molar-refractivity contribution in [2.24, 2.45) is 0 Å². The summed E-state index contributed by atoms with van der Waals surface area (Å²) in [7, 11) is 0. The fourth-order valence-corrected chi connectivity index (χ4v) is 2.96. The van der Waals surface area contributed by atoms with Crippen LogP contribution in [0, 0.1) is 0 Å². The Kier molecular flexibility index (Phi) is 3.95. The van der Waals surface area contributed by atoms with Gasteiger partial charge >= 0.3 is 0 Å². The molecule has 0 spiro atoms. The molecule has 0 amide bonds. The van der Waals surface area contributed by atoms with Crippen LogP contribution in [-0.4, -0.2) is 0 Å². The number of fused-ring (bicyclic) bond motifs is 1. The molecule has 3 heteroatoms. The van der Waals surface area contributed by atoms with E-state index < -0.39 is 0 Å². The highest BCUT2D eigenvalue weighted by molar-refractivity contribution is 9.10. The minimum absolute atomic E-state index is 0.483. The minimum atomic E-state index is 0.483. The standard InChI is InChI=1S/C17H12BrClO/c18-17-10-16(8-6-14(17)11-19)20-15-7-5-12-3-1-2-4-13(12)9-15/h1-10H,11H2. The van der Waals surface area contributed by atoms with Crippen LogP contribution >= 0.6 is 27.5 Å². The molecule has 20 heavy (non-hydrogen) atoms. The van der Waals surface area contributed by atoms with E-state index in [2.05, 4.69) is 34.1 Å². The van der Waals surface area contributed by atoms with Gasteiger partial charge in [-0.2, -0.15) is 0 Å². The minimum Gasteiger partial charge on any atom is -0.457 e. The molecule has 0 heterocycles. The van der Waals surface area contributed by atoms with Crippen LogP contribution in [0.25, 0.3) is 10.8 Å². The predicted molar refractivity (Wildman–Crippen MR) is 87.7 cm³/mol. The fraction of sp³-hybridized carbons (Fsp3) is 0.0588. The van der Waals surface area contributed by atoms with Crippen molar-refractivity contribution in [1.29, 1.82) is 0 Å². The van der Waals surface area contributed by atoms with Gasteiger partial charge in [0, 0.05) is 10.4 Å². The average molecular weight is 348 g/mol. The van der Waals surface area contributed by atoms with Crippen molar-refractivity contribution in [3.63, 3.8) is 0 Å². The fourth-order valence-electron chi connectivity index (χ4n) is 2.07. The lowest BCUT2D eigenvalue weighted by molar-refractivity contribution is 0.483. The van der Waals surface area contributed by atoms with Crippen LogP contribution in [0.3, 0.4) is 0 Å². The Balaban J connectivity index is 1.90. The Morgan fingerprint density at radius 3 is 2.30 bits per heavy atom. The van der Waals surface area contributed by atoms with E-state index in [-0.39, 0.29) is 0 Å². The monoisotopic (exact) mass is 346 g/mol. The van der Waals surface area contributed by atoms with Crippen LogP contribution in [0.4, 0.5) is 0 Å². The van der Waals surface area contributed by atoms with Gasteiger partial charge in [-0.1, -0.05) is 52.3 Å². The predicted octanol–water partition coefficient (Wildman–Crippen LogP) is 6.13. The Morgan fingerprint density at radius 2 is 1.55 bits per heavy atom. The van der Waals surface area contributed by atoms with Crippen molar-refractivity contribution >= 4 is 38.3 Å². The maximum absolute atomic E-state index is 5.89. The highest BCUT2D eigenvalue weighted by atomic mass is 79.9. The number of rotatable bonds is 3. The van der Waals surface area contributed by atoms with Crippen LogP contribution < -0.4 is 4.74 Å². The van der Waals surface area contributed by atoms with Gasteiger partial charge < -0.3 is 4.74 Å². The number of ether oxygens (including phenoxy) is 1. The third kappa shape index (κ3) is 2.82. The highest BCUT2D eigenvalue weighted by Crippen LogP contribution is 2.29. The molecule has 1 nitrogen and oxygen atoms in total. The molecule has 0 radical (unpaired) electrons. The Morgan fingerprint density at radius 1 is 0.850 bits per heavy atom. The zero-order valence-corrected chi connectivity index (χ0v) is 13.0. The summed E-state index contributed by atoms with van der Waals surface area (Å²) in [4.78, 5) is 0. The van der Waals surface area contributed by atoms with Crippen molar-refractivity contribution in [3.05, 3.63) is 70.7 Å². The first-order valence-corrected chi connectivity index (χ1v) is 7.60. The van der Waals surface area contributed by atoms with Crippen molar-refractivity contribution in [2.45, 2.75) is 5.88 Å². The first kappa shape index (κ1) is 13.5. The second-order valence-electron chi connectivity index (χ2n) is 4.50. The zero-order valence-electron chi connectivity index (χ0n) is 10.6. The summed E-state index contributed by atoms with van der Waals surface area (Å²) in [6.45, 7) is 0. The number of halogens is 2. The van der Waals surface area contributed by atoms with Crippen molar-refractivity contribution in [2.75, 3.05) is 0 Å². The van der Waals surface area contributed by atoms with E-state index in [9.17, 15) is 0 Å². The van der Waals surface area contributed by atoms with Gasteiger partial charge in [0.2, 0.25) is 0 Å².